The minimum absolute atomic E-state index is 0.0179. The number of amides is 2. The van der Waals surface area contributed by atoms with E-state index in [0.717, 1.165) is 42.1 Å². The van der Waals surface area contributed by atoms with Crippen LogP contribution in [0, 0.1) is 0 Å². The number of para-hydroxylation sites is 1. The molecule has 6 nitrogen and oxygen atoms in total. The second-order valence-electron chi connectivity index (χ2n) is 7.27. The molecule has 2 heterocycles. The summed E-state index contributed by atoms with van der Waals surface area (Å²) in [5.41, 5.74) is 7.75. The van der Waals surface area contributed by atoms with E-state index in [9.17, 15) is 9.59 Å². The van der Waals surface area contributed by atoms with Crippen LogP contribution in [0.25, 0.3) is 0 Å². The first-order valence-corrected chi connectivity index (χ1v) is 9.08. The summed E-state index contributed by atoms with van der Waals surface area (Å²) in [6.07, 6.45) is 0.738. The summed E-state index contributed by atoms with van der Waals surface area (Å²) >= 11 is 0. The number of primary amides is 1. The van der Waals surface area contributed by atoms with Crippen LogP contribution in [0.2, 0.25) is 0 Å². The number of likely N-dealkylation sites (tertiary alicyclic amines) is 1. The van der Waals surface area contributed by atoms with Crippen LogP contribution in [-0.2, 0) is 21.5 Å². The fraction of sp³-hybridized carbons (Fsp3) is 0.333. The fourth-order valence-corrected chi connectivity index (χ4v) is 4.36. The summed E-state index contributed by atoms with van der Waals surface area (Å²) in [6, 6.07) is 15.7. The largest absolute Gasteiger partial charge is 0.497 e. The molecule has 6 heteroatoms. The van der Waals surface area contributed by atoms with Crippen LogP contribution in [0.4, 0.5) is 5.69 Å². The van der Waals surface area contributed by atoms with Gasteiger partial charge >= 0.3 is 0 Å². The molecule has 2 aliphatic rings. The van der Waals surface area contributed by atoms with Gasteiger partial charge in [0.15, 0.2) is 0 Å². The number of methoxy groups -OCH3 is 1. The Morgan fingerprint density at radius 3 is 2.81 bits per heavy atom. The molecule has 0 aromatic heterocycles. The number of hydrogen-bond acceptors (Lipinski definition) is 4. The van der Waals surface area contributed by atoms with E-state index >= 15 is 0 Å². The van der Waals surface area contributed by atoms with Crippen molar-refractivity contribution in [2.24, 2.45) is 5.73 Å². The van der Waals surface area contributed by atoms with Crippen LogP contribution in [0.15, 0.2) is 48.5 Å². The van der Waals surface area contributed by atoms with Gasteiger partial charge in [0.2, 0.25) is 11.8 Å². The second-order valence-corrected chi connectivity index (χ2v) is 7.27. The number of benzene rings is 2. The zero-order valence-electron chi connectivity index (χ0n) is 15.4. The monoisotopic (exact) mass is 365 g/mol. The summed E-state index contributed by atoms with van der Waals surface area (Å²) in [5, 5.41) is 0. The lowest BCUT2D eigenvalue weighted by molar-refractivity contribution is -0.125. The molecule has 140 valence electrons. The molecule has 0 radical (unpaired) electrons. The number of carbonyl (C=O) groups excluding carboxylic acids is 2. The first-order valence-electron chi connectivity index (χ1n) is 9.08. The minimum Gasteiger partial charge on any atom is -0.497 e. The SMILES string of the molecule is COc1cccc(CN2CC[C@]3(C2)C(=O)N(CC(N)=O)c2ccccc23)c1. The van der Waals surface area contributed by atoms with Crippen molar-refractivity contribution in [3.8, 4) is 5.75 Å². The number of anilines is 1. The quantitative estimate of drug-likeness (QED) is 0.875. The lowest BCUT2D eigenvalue weighted by Crippen LogP contribution is -2.45. The van der Waals surface area contributed by atoms with Crippen molar-refractivity contribution in [2.45, 2.75) is 18.4 Å². The normalized spacial score (nSPS) is 21.7. The highest BCUT2D eigenvalue weighted by molar-refractivity contribution is 6.11. The Hall–Kier alpha value is -2.86. The molecule has 2 aromatic rings. The Morgan fingerprint density at radius 2 is 2.04 bits per heavy atom. The van der Waals surface area contributed by atoms with Crippen molar-refractivity contribution >= 4 is 17.5 Å². The van der Waals surface area contributed by atoms with E-state index in [1.165, 1.54) is 0 Å². The Bertz CT molecular complexity index is 898. The highest BCUT2D eigenvalue weighted by Gasteiger charge is 2.54. The topological polar surface area (TPSA) is 75.9 Å². The Morgan fingerprint density at radius 1 is 1.22 bits per heavy atom. The van der Waals surface area contributed by atoms with Gasteiger partial charge in [-0.1, -0.05) is 30.3 Å². The summed E-state index contributed by atoms with van der Waals surface area (Å²) in [6.45, 7) is 2.13. The van der Waals surface area contributed by atoms with Crippen molar-refractivity contribution in [3.05, 3.63) is 59.7 Å². The van der Waals surface area contributed by atoms with Crippen molar-refractivity contribution in [3.63, 3.8) is 0 Å². The maximum Gasteiger partial charge on any atom is 0.239 e. The molecule has 2 N–H and O–H groups in total. The smallest absolute Gasteiger partial charge is 0.239 e. The number of nitrogens with two attached hydrogens (primary N) is 1. The van der Waals surface area contributed by atoms with E-state index in [4.69, 9.17) is 10.5 Å². The standard InChI is InChI=1S/C21H23N3O3/c1-27-16-6-4-5-15(11-16)12-23-10-9-21(14-23)17-7-2-3-8-18(17)24(20(21)26)13-19(22)25/h2-8,11H,9-10,12-14H2,1H3,(H2,22,25)/t21-/m1/s1. The maximum atomic E-state index is 13.3. The van der Waals surface area contributed by atoms with Crippen molar-refractivity contribution in [2.75, 3.05) is 31.6 Å². The van der Waals surface area contributed by atoms with Gasteiger partial charge in [-0.15, -0.1) is 0 Å². The molecule has 1 saturated heterocycles. The summed E-state index contributed by atoms with van der Waals surface area (Å²) in [5.74, 6) is 0.313. The number of ether oxygens (including phenoxy) is 1. The van der Waals surface area contributed by atoms with E-state index in [1.807, 2.05) is 42.5 Å². The summed E-state index contributed by atoms with van der Waals surface area (Å²) in [7, 11) is 1.66. The molecular formula is C21H23N3O3. The van der Waals surface area contributed by atoms with Gasteiger partial charge in [0.25, 0.3) is 0 Å². The van der Waals surface area contributed by atoms with Crippen LogP contribution in [0.1, 0.15) is 17.5 Å². The number of fused-ring (bicyclic) bond motifs is 2. The molecule has 1 atom stereocenters. The number of hydrogen-bond donors (Lipinski definition) is 1. The molecule has 27 heavy (non-hydrogen) atoms. The van der Waals surface area contributed by atoms with Crippen LogP contribution < -0.4 is 15.4 Å². The highest BCUT2D eigenvalue weighted by Crippen LogP contribution is 2.47. The van der Waals surface area contributed by atoms with E-state index in [2.05, 4.69) is 11.0 Å². The van der Waals surface area contributed by atoms with E-state index in [1.54, 1.807) is 12.0 Å². The molecule has 0 saturated carbocycles. The van der Waals surface area contributed by atoms with Gasteiger partial charge in [-0.25, -0.2) is 0 Å². The van der Waals surface area contributed by atoms with Crippen molar-refractivity contribution in [1.82, 2.24) is 4.90 Å². The third-order valence-electron chi connectivity index (χ3n) is 5.57. The Labute approximate surface area is 158 Å². The molecule has 2 aliphatic heterocycles. The van der Waals surface area contributed by atoms with Gasteiger partial charge in [-0.2, -0.15) is 0 Å². The maximum absolute atomic E-state index is 13.3. The van der Waals surface area contributed by atoms with E-state index < -0.39 is 11.3 Å². The average molecular weight is 365 g/mol. The zero-order valence-corrected chi connectivity index (χ0v) is 15.4. The average Bonchev–Trinajstić information content (AvgIpc) is 3.18. The summed E-state index contributed by atoms with van der Waals surface area (Å²) in [4.78, 5) is 28.6. The Balaban J connectivity index is 1.60. The molecular weight excluding hydrogens is 342 g/mol. The van der Waals surface area contributed by atoms with Crippen LogP contribution in [-0.4, -0.2) is 43.5 Å². The molecule has 2 amide bonds. The number of rotatable bonds is 5. The van der Waals surface area contributed by atoms with E-state index in [0.29, 0.717) is 6.54 Å². The lowest BCUT2D eigenvalue weighted by atomic mass is 9.81. The van der Waals surface area contributed by atoms with Gasteiger partial charge in [0.05, 0.1) is 12.5 Å². The van der Waals surface area contributed by atoms with E-state index in [-0.39, 0.29) is 12.5 Å². The van der Waals surface area contributed by atoms with Crippen LogP contribution in [0.3, 0.4) is 0 Å². The molecule has 0 unspecified atom stereocenters. The predicted octanol–water partition coefficient (Wildman–Crippen LogP) is 1.67. The third kappa shape index (κ3) is 2.96. The first kappa shape index (κ1) is 17.5. The second kappa shape index (κ2) is 6.70. The van der Waals surface area contributed by atoms with Gasteiger partial charge in [0, 0.05) is 18.8 Å². The van der Waals surface area contributed by atoms with Crippen molar-refractivity contribution < 1.29 is 14.3 Å². The minimum atomic E-state index is -0.592. The zero-order chi connectivity index (χ0) is 19.0. The van der Waals surface area contributed by atoms with Crippen LogP contribution >= 0.6 is 0 Å². The van der Waals surface area contributed by atoms with Gasteiger partial charge in [-0.3, -0.25) is 14.5 Å². The fourth-order valence-electron chi connectivity index (χ4n) is 4.36. The van der Waals surface area contributed by atoms with Gasteiger partial charge in [0.1, 0.15) is 12.3 Å². The molecule has 1 spiro atoms. The van der Waals surface area contributed by atoms with Crippen LogP contribution in [0.5, 0.6) is 5.75 Å². The molecule has 0 bridgehead atoms. The lowest BCUT2D eigenvalue weighted by Gasteiger charge is -2.24. The van der Waals surface area contributed by atoms with Crippen molar-refractivity contribution in [1.29, 1.82) is 0 Å². The number of nitrogens with zero attached hydrogens (tertiary/aromatic N) is 2. The molecule has 2 aromatic carbocycles. The predicted molar refractivity (Wildman–Crippen MR) is 103 cm³/mol. The molecule has 1 fully saturated rings. The Kier molecular flexibility index (Phi) is 4.36. The molecule has 0 aliphatic carbocycles. The molecule has 4 rings (SSSR count). The number of carbonyl (C=O) groups is 2. The van der Waals surface area contributed by atoms with Gasteiger partial charge < -0.3 is 15.4 Å². The van der Waals surface area contributed by atoms with Gasteiger partial charge in [-0.05, 0) is 42.3 Å². The first-order chi connectivity index (χ1) is 13.0. The summed E-state index contributed by atoms with van der Waals surface area (Å²) < 4.78 is 5.30. The third-order valence-corrected chi connectivity index (χ3v) is 5.57. The highest BCUT2D eigenvalue weighted by atomic mass is 16.5.